The van der Waals surface area contributed by atoms with Gasteiger partial charge in [0.15, 0.2) is 5.54 Å². The van der Waals surface area contributed by atoms with E-state index in [0.29, 0.717) is 34.6 Å². The maximum Gasteiger partial charge on any atom is 0.261 e. The molecule has 8 nitrogen and oxygen atoms in total. The topological polar surface area (TPSA) is 107 Å². The molecule has 1 saturated heterocycles. The van der Waals surface area contributed by atoms with Crippen molar-refractivity contribution in [1.29, 1.82) is 0 Å². The number of primary amides is 1. The highest BCUT2D eigenvalue weighted by Gasteiger charge is 2.65. The SMILES string of the molecule is COc1ccccc1-n1cc2c(c1C(C)C)C1(C(=O)NC3=CC(Cl)CC=C31)N(c1cc(Cl)ccc1C(N)=O)C2=O. The van der Waals surface area contributed by atoms with Gasteiger partial charge in [0.1, 0.15) is 5.75 Å². The number of methoxy groups -OCH3 is 1. The lowest BCUT2D eigenvalue weighted by molar-refractivity contribution is -0.122. The first kappa shape index (κ1) is 26.2. The summed E-state index contributed by atoms with van der Waals surface area (Å²) in [6, 6.07) is 12.0. The fourth-order valence-electron chi connectivity index (χ4n) is 6.17. The maximum atomic E-state index is 14.5. The lowest BCUT2D eigenvalue weighted by atomic mass is 9.79. The minimum absolute atomic E-state index is 0.0721. The Morgan fingerprint density at radius 2 is 1.93 bits per heavy atom. The van der Waals surface area contributed by atoms with Gasteiger partial charge < -0.3 is 20.4 Å². The third-order valence-corrected chi connectivity index (χ3v) is 8.22. The molecule has 3 aromatic rings. The molecular formula is C30H26Cl2N4O4. The molecule has 2 aliphatic heterocycles. The van der Waals surface area contributed by atoms with Gasteiger partial charge in [0.05, 0.1) is 35.0 Å². The summed E-state index contributed by atoms with van der Waals surface area (Å²) in [4.78, 5) is 42.9. The molecule has 3 N–H and O–H groups in total. The molecule has 1 fully saturated rings. The molecule has 1 aliphatic carbocycles. The summed E-state index contributed by atoms with van der Waals surface area (Å²) in [5, 5.41) is 2.94. The van der Waals surface area contributed by atoms with Crippen LogP contribution < -0.4 is 20.7 Å². The quantitative estimate of drug-likeness (QED) is 0.408. The van der Waals surface area contributed by atoms with Crippen LogP contribution in [-0.4, -0.2) is 34.8 Å². The molecule has 2 aromatic carbocycles. The standard InChI is InChI=1S/C30H26Cl2N4O4/c1-15(2)26-25-19(14-35(26)22-6-4-5-7-24(22)40-3)28(38)36(23-13-17(32)8-10-18(23)27(33)37)30(25)20-11-9-16(31)12-21(20)34-29(30)39/h4-8,10-16H,9H2,1-3H3,(H2,33,37)(H,34,39). The molecule has 0 saturated carbocycles. The number of alkyl halides is 1. The number of halogens is 2. The lowest BCUT2D eigenvalue weighted by Gasteiger charge is -2.37. The molecule has 1 spiro atoms. The van der Waals surface area contributed by atoms with Crippen molar-refractivity contribution in [2.24, 2.45) is 5.73 Å². The second kappa shape index (κ2) is 9.28. The van der Waals surface area contributed by atoms with Gasteiger partial charge >= 0.3 is 0 Å². The number of hydrogen-bond acceptors (Lipinski definition) is 4. The summed E-state index contributed by atoms with van der Waals surface area (Å²) in [6.07, 6.45) is 5.86. The largest absolute Gasteiger partial charge is 0.495 e. The number of benzene rings is 2. The predicted octanol–water partition coefficient (Wildman–Crippen LogP) is 5.17. The third-order valence-electron chi connectivity index (χ3n) is 7.68. The molecule has 2 unspecified atom stereocenters. The Hall–Kier alpha value is -4.01. The molecule has 1 aromatic heterocycles. The van der Waals surface area contributed by atoms with Crippen LogP contribution in [0.1, 0.15) is 58.2 Å². The van der Waals surface area contributed by atoms with E-state index in [9.17, 15) is 14.4 Å². The van der Waals surface area contributed by atoms with Crippen LogP contribution in [0.4, 0.5) is 5.69 Å². The van der Waals surface area contributed by atoms with Crippen LogP contribution >= 0.6 is 23.2 Å². The number of para-hydroxylation sites is 2. The fourth-order valence-corrected chi connectivity index (χ4v) is 6.55. The second-order valence-electron chi connectivity index (χ2n) is 10.3. The van der Waals surface area contributed by atoms with Crippen LogP contribution in [0.15, 0.2) is 72.1 Å². The monoisotopic (exact) mass is 576 g/mol. The number of allylic oxidation sites excluding steroid dienone is 2. The average Bonchev–Trinajstić information content (AvgIpc) is 3.52. The lowest BCUT2D eigenvalue weighted by Crippen LogP contribution is -2.51. The van der Waals surface area contributed by atoms with E-state index in [0.717, 1.165) is 11.4 Å². The molecule has 2 atom stereocenters. The highest BCUT2D eigenvalue weighted by molar-refractivity contribution is 6.32. The van der Waals surface area contributed by atoms with Crippen molar-refractivity contribution in [3.8, 4) is 11.4 Å². The van der Waals surface area contributed by atoms with Crippen molar-refractivity contribution in [3.05, 3.63) is 99.5 Å². The maximum absolute atomic E-state index is 14.5. The summed E-state index contributed by atoms with van der Waals surface area (Å²) in [5.74, 6) is -1.15. The van der Waals surface area contributed by atoms with E-state index in [1.807, 2.05) is 48.8 Å². The summed E-state index contributed by atoms with van der Waals surface area (Å²) in [5.41, 5.74) is 7.83. The number of fused-ring (bicyclic) bond motifs is 4. The Bertz CT molecular complexity index is 1690. The zero-order chi connectivity index (χ0) is 28.5. The van der Waals surface area contributed by atoms with Crippen LogP contribution in [0.2, 0.25) is 5.02 Å². The zero-order valence-corrected chi connectivity index (χ0v) is 23.5. The Kier molecular flexibility index (Phi) is 6.09. The highest BCUT2D eigenvalue weighted by Crippen LogP contribution is 2.56. The van der Waals surface area contributed by atoms with E-state index in [2.05, 4.69) is 5.32 Å². The van der Waals surface area contributed by atoms with Crippen molar-refractivity contribution >= 4 is 46.6 Å². The van der Waals surface area contributed by atoms with Gasteiger partial charge in [0.25, 0.3) is 17.7 Å². The molecule has 3 aliphatic rings. The number of nitrogens with one attached hydrogen (secondary N) is 1. The van der Waals surface area contributed by atoms with E-state index < -0.39 is 23.3 Å². The average molecular weight is 577 g/mol. The number of rotatable bonds is 5. The van der Waals surface area contributed by atoms with Gasteiger partial charge in [-0.05, 0) is 48.7 Å². The first-order chi connectivity index (χ1) is 19.1. The van der Waals surface area contributed by atoms with Crippen molar-refractivity contribution in [1.82, 2.24) is 9.88 Å². The minimum Gasteiger partial charge on any atom is -0.495 e. The highest BCUT2D eigenvalue weighted by atomic mass is 35.5. The van der Waals surface area contributed by atoms with Crippen LogP contribution in [0, 0.1) is 0 Å². The van der Waals surface area contributed by atoms with E-state index in [-0.39, 0.29) is 27.6 Å². The number of amides is 3. The molecule has 0 bridgehead atoms. The fraction of sp³-hybridized carbons (Fsp3) is 0.233. The van der Waals surface area contributed by atoms with Gasteiger partial charge in [-0.15, -0.1) is 11.6 Å². The first-order valence-electron chi connectivity index (χ1n) is 12.8. The van der Waals surface area contributed by atoms with Crippen LogP contribution in [0.25, 0.3) is 5.69 Å². The van der Waals surface area contributed by atoms with Crippen molar-refractivity contribution in [2.75, 3.05) is 12.0 Å². The number of nitrogens with zero attached hydrogens (tertiary/aromatic N) is 2. The number of aromatic nitrogens is 1. The number of carbonyl (C=O) groups excluding carboxylic acids is 3. The molecular weight excluding hydrogens is 551 g/mol. The number of anilines is 1. The summed E-state index contributed by atoms with van der Waals surface area (Å²) < 4.78 is 7.56. The summed E-state index contributed by atoms with van der Waals surface area (Å²) in [6.45, 7) is 4.01. The molecule has 3 heterocycles. The van der Waals surface area contributed by atoms with Gasteiger partial charge in [-0.1, -0.05) is 43.7 Å². The van der Waals surface area contributed by atoms with Crippen molar-refractivity contribution in [3.63, 3.8) is 0 Å². The Morgan fingerprint density at radius 3 is 2.62 bits per heavy atom. The number of nitrogens with two attached hydrogens (primary N) is 1. The molecule has 40 heavy (non-hydrogen) atoms. The summed E-state index contributed by atoms with van der Waals surface area (Å²) in [7, 11) is 1.58. The molecule has 6 rings (SSSR count). The predicted molar refractivity (Wildman–Crippen MR) is 153 cm³/mol. The van der Waals surface area contributed by atoms with Crippen LogP contribution in [0.3, 0.4) is 0 Å². The first-order valence-corrected chi connectivity index (χ1v) is 13.6. The Morgan fingerprint density at radius 1 is 1.18 bits per heavy atom. The Labute approximate surface area is 241 Å². The van der Waals surface area contributed by atoms with Gasteiger partial charge in [0.2, 0.25) is 0 Å². The van der Waals surface area contributed by atoms with E-state index >= 15 is 0 Å². The molecule has 0 radical (unpaired) electrons. The molecule has 204 valence electrons. The Balaban J connectivity index is 1.74. The number of ether oxygens (including phenoxy) is 1. The smallest absolute Gasteiger partial charge is 0.261 e. The van der Waals surface area contributed by atoms with Gasteiger partial charge in [-0.25, -0.2) is 0 Å². The van der Waals surface area contributed by atoms with Crippen molar-refractivity contribution < 1.29 is 19.1 Å². The number of hydrogen-bond donors (Lipinski definition) is 2. The normalized spacial score (nSPS) is 21.4. The molecule has 3 amide bonds. The van der Waals surface area contributed by atoms with Gasteiger partial charge in [-0.2, -0.15) is 0 Å². The third kappa shape index (κ3) is 3.49. The van der Waals surface area contributed by atoms with E-state index in [1.54, 1.807) is 19.4 Å². The molecule has 10 heteroatoms. The minimum atomic E-state index is -1.63. The van der Waals surface area contributed by atoms with Crippen LogP contribution in [0.5, 0.6) is 5.75 Å². The van der Waals surface area contributed by atoms with E-state index in [1.165, 1.54) is 23.1 Å². The van der Waals surface area contributed by atoms with Gasteiger partial charge in [0, 0.05) is 33.7 Å². The van der Waals surface area contributed by atoms with Crippen molar-refractivity contribution in [2.45, 2.75) is 37.1 Å². The second-order valence-corrected chi connectivity index (χ2v) is 11.3. The zero-order valence-electron chi connectivity index (χ0n) is 22.0. The van der Waals surface area contributed by atoms with Crippen LogP contribution in [-0.2, 0) is 10.3 Å². The van der Waals surface area contributed by atoms with Gasteiger partial charge in [-0.3, -0.25) is 19.3 Å². The van der Waals surface area contributed by atoms with E-state index in [4.69, 9.17) is 33.7 Å². The summed E-state index contributed by atoms with van der Waals surface area (Å²) >= 11 is 12.8. The number of carbonyl (C=O) groups is 3.